The van der Waals surface area contributed by atoms with Crippen molar-refractivity contribution in [3.63, 3.8) is 0 Å². The monoisotopic (exact) mass is 261 g/mol. The van der Waals surface area contributed by atoms with Crippen LogP contribution >= 0.6 is 15.9 Å². The summed E-state index contributed by atoms with van der Waals surface area (Å²) in [5, 5.41) is 12.3. The molecule has 0 aliphatic rings. The zero-order chi connectivity index (χ0) is 10.6. The number of carbonyl (C=O) groups excluding carboxylic acids is 1. The lowest BCUT2D eigenvalue weighted by molar-refractivity contribution is 0.0949. The molecule has 0 atom stereocenters. The average molecular weight is 262 g/mol. The molecular weight excluding hydrogens is 253 g/mol. The Labute approximate surface area is 89.1 Å². The Kier molecular flexibility index (Phi) is 3.88. The Balaban J connectivity index is 2.89. The molecular formula is C9H9BrFNO2. The number of aromatic hydroxyl groups is 1. The summed E-state index contributed by atoms with van der Waals surface area (Å²) >= 11 is 3.12. The normalized spacial score (nSPS) is 9.86. The van der Waals surface area contributed by atoms with Crippen molar-refractivity contribution in [2.24, 2.45) is 0 Å². The van der Waals surface area contributed by atoms with Crippen LogP contribution in [-0.2, 0) is 0 Å². The Bertz CT molecular complexity index is 323. The minimum Gasteiger partial charge on any atom is -0.507 e. The molecule has 0 aliphatic heterocycles. The predicted octanol–water partition coefficient (Wildman–Crippen LogP) is 1.66. The van der Waals surface area contributed by atoms with Crippen molar-refractivity contribution in [1.29, 1.82) is 0 Å². The van der Waals surface area contributed by atoms with Gasteiger partial charge in [0.2, 0.25) is 0 Å². The Morgan fingerprint density at radius 2 is 2.29 bits per heavy atom. The van der Waals surface area contributed by atoms with Gasteiger partial charge in [-0.25, -0.2) is 4.39 Å². The van der Waals surface area contributed by atoms with E-state index in [4.69, 9.17) is 0 Å². The first-order chi connectivity index (χ1) is 6.66. The number of carbonyl (C=O) groups is 1. The van der Waals surface area contributed by atoms with E-state index in [0.717, 1.165) is 6.07 Å². The van der Waals surface area contributed by atoms with E-state index >= 15 is 0 Å². The molecule has 0 saturated heterocycles. The van der Waals surface area contributed by atoms with Crippen molar-refractivity contribution in [3.05, 3.63) is 29.6 Å². The number of phenols is 1. The fourth-order valence-corrected chi connectivity index (χ4v) is 1.18. The summed E-state index contributed by atoms with van der Waals surface area (Å²) in [5.74, 6) is -1.69. The van der Waals surface area contributed by atoms with Crippen molar-refractivity contribution in [2.75, 3.05) is 11.9 Å². The number of amides is 1. The van der Waals surface area contributed by atoms with Crippen molar-refractivity contribution in [3.8, 4) is 5.75 Å². The van der Waals surface area contributed by atoms with Gasteiger partial charge in [-0.05, 0) is 12.1 Å². The smallest absolute Gasteiger partial charge is 0.258 e. The maximum absolute atomic E-state index is 13.1. The van der Waals surface area contributed by atoms with Gasteiger partial charge in [-0.15, -0.1) is 0 Å². The molecule has 14 heavy (non-hydrogen) atoms. The summed E-state index contributed by atoms with van der Waals surface area (Å²) in [6, 6.07) is 3.74. The van der Waals surface area contributed by atoms with Crippen LogP contribution in [0.5, 0.6) is 5.75 Å². The molecule has 1 aromatic carbocycles. The lowest BCUT2D eigenvalue weighted by Gasteiger charge is -2.05. The van der Waals surface area contributed by atoms with Gasteiger partial charge in [0.15, 0.2) is 0 Å². The third-order valence-corrected chi connectivity index (χ3v) is 2.00. The van der Waals surface area contributed by atoms with E-state index in [1.54, 1.807) is 0 Å². The van der Waals surface area contributed by atoms with E-state index in [1.807, 2.05) is 0 Å². The SMILES string of the molecule is O=C(NCCBr)c1c(O)cccc1F. The standard InChI is InChI=1S/C9H9BrFNO2/c10-4-5-12-9(14)8-6(11)2-1-3-7(8)13/h1-3,13H,4-5H2,(H,12,14). The Morgan fingerprint density at radius 3 is 2.86 bits per heavy atom. The van der Waals surface area contributed by atoms with Crippen LogP contribution in [0, 0.1) is 5.82 Å². The quantitative estimate of drug-likeness (QED) is 0.814. The van der Waals surface area contributed by atoms with E-state index in [1.165, 1.54) is 12.1 Å². The molecule has 0 spiro atoms. The maximum atomic E-state index is 13.1. The number of hydrogen-bond donors (Lipinski definition) is 2. The van der Waals surface area contributed by atoms with E-state index < -0.39 is 11.7 Å². The minimum atomic E-state index is -0.725. The van der Waals surface area contributed by atoms with E-state index in [9.17, 15) is 14.3 Å². The lowest BCUT2D eigenvalue weighted by Crippen LogP contribution is -2.26. The van der Waals surface area contributed by atoms with E-state index in [-0.39, 0.29) is 11.3 Å². The highest BCUT2D eigenvalue weighted by Crippen LogP contribution is 2.19. The van der Waals surface area contributed by atoms with Crippen molar-refractivity contribution < 1.29 is 14.3 Å². The number of halogens is 2. The van der Waals surface area contributed by atoms with Crippen LogP contribution in [0.25, 0.3) is 0 Å². The van der Waals surface area contributed by atoms with Gasteiger partial charge in [0.05, 0.1) is 0 Å². The molecule has 0 saturated carbocycles. The first kappa shape index (κ1) is 11.0. The fourth-order valence-electron chi connectivity index (χ4n) is 0.987. The lowest BCUT2D eigenvalue weighted by atomic mass is 10.2. The van der Waals surface area contributed by atoms with Gasteiger partial charge in [-0.1, -0.05) is 22.0 Å². The first-order valence-electron chi connectivity index (χ1n) is 3.98. The number of alkyl halides is 1. The zero-order valence-electron chi connectivity index (χ0n) is 7.26. The molecule has 1 aromatic rings. The largest absolute Gasteiger partial charge is 0.507 e. The van der Waals surface area contributed by atoms with Crippen LogP contribution < -0.4 is 5.32 Å². The van der Waals surface area contributed by atoms with Crippen molar-refractivity contribution >= 4 is 21.8 Å². The third kappa shape index (κ3) is 2.45. The molecule has 0 bridgehead atoms. The summed E-state index contributed by atoms with van der Waals surface area (Å²) in [5.41, 5.74) is -0.312. The number of phenolic OH excluding ortho intramolecular Hbond substituents is 1. The molecule has 1 rings (SSSR count). The Hall–Kier alpha value is -1.10. The summed E-state index contributed by atoms with van der Waals surface area (Å²) in [6.07, 6.45) is 0. The molecule has 0 aromatic heterocycles. The first-order valence-corrected chi connectivity index (χ1v) is 5.10. The fraction of sp³-hybridized carbons (Fsp3) is 0.222. The number of rotatable bonds is 3. The Morgan fingerprint density at radius 1 is 1.57 bits per heavy atom. The van der Waals surface area contributed by atoms with Gasteiger partial charge in [-0.3, -0.25) is 4.79 Å². The molecule has 2 N–H and O–H groups in total. The van der Waals surface area contributed by atoms with Gasteiger partial charge in [0, 0.05) is 11.9 Å². The van der Waals surface area contributed by atoms with Crippen LogP contribution in [-0.4, -0.2) is 22.9 Å². The predicted molar refractivity (Wildman–Crippen MR) is 54.2 cm³/mol. The number of nitrogens with one attached hydrogen (secondary N) is 1. The van der Waals surface area contributed by atoms with Crippen LogP contribution in [0.3, 0.4) is 0 Å². The molecule has 76 valence electrons. The summed E-state index contributed by atoms with van der Waals surface area (Å²) in [6.45, 7) is 0.382. The number of hydrogen-bond acceptors (Lipinski definition) is 2. The molecule has 3 nitrogen and oxygen atoms in total. The van der Waals surface area contributed by atoms with E-state index in [2.05, 4.69) is 21.2 Å². The van der Waals surface area contributed by atoms with Gasteiger partial charge < -0.3 is 10.4 Å². The van der Waals surface area contributed by atoms with Gasteiger partial charge in [-0.2, -0.15) is 0 Å². The number of benzene rings is 1. The topological polar surface area (TPSA) is 49.3 Å². The second-order valence-corrected chi connectivity index (χ2v) is 3.37. The summed E-state index contributed by atoms with van der Waals surface area (Å²) < 4.78 is 13.1. The highest BCUT2D eigenvalue weighted by molar-refractivity contribution is 9.09. The molecule has 0 fully saturated rings. The van der Waals surface area contributed by atoms with Crippen LogP contribution in [0.2, 0.25) is 0 Å². The molecule has 0 heterocycles. The molecule has 1 amide bonds. The second kappa shape index (κ2) is 4.95. The minimum absolute atomic E-state index is 0.312. The molecule has 0 radical (unpaired) electrons. The molecule has 0 aliphatic carbocycles. The molecule has 5 heteroatoms. The third-order valence-electron chi connectivity index (χ3n) is 1.60. The van der Waals surface area contributed by atoms with E-state index in [0.29, 0.717) is 11.9 Å². The highest BCUT2D eigenvalue weighted by Gasteiger charge is 2.15. The van der Waals surface area contributed by atoms with Gasteiger partial charge >= 0.3 is 0 Å². The maximum Gasteiger partial charge on any atom is 0.258 e. The average Bonchev–Trinajstić information content (AvgIpc) is 2.14. The summed E-state index contributed by atoms with van der Waals surface area (Å²) in [4.78, 5) is 11.3. The zero-order valence-corrected chi connectivity index (χ0v) is 8.84. The van der Waals surface area contributed by atoms with Gasteiger partial charge in [0.1, 0.15) is 17.1 Å². The van der Waals surface area contributed by atoms with Crippen LogP contribution in [0.4, 0.5) is 4.39 Å². The van der Waals surface area contributed by atoms with Crippen LogP contribution in [0.15, 0.2) is 18.2 Å². The van der Waals surface area contributed by atoms with Gasteiger partial charge in [0.25, 0.3) is 5.91 Å². The van der Waals surface area contributed by atoms with Crippen molar-refractivity contribution in [2.45, 2.75) is 0 Å². The van der Waals surface area contributed by atoms with Crippen LogP contribution in [0.1, 0.15) is 10.4 Å². The molecule has 0 unspecified atom stereocenters. The second-order valence-electron chi connectivity index (χ2n) is 2.58. The van der Waals surface area contributed by atoms with Crippen molar-refractivity contribution in [1.82, 2.24) is 5.32 Å². The highest BCUT2D eigenvalue weighted by atomic mass is 79.9. The summed E-state index contributed by atoms with van der Waals surface area (Å²) in [7, 11) is 0.